The van der Waals surface area contributed by atoms with Crippen LogP contribution < -0.4 is 0 Å². The predicted molar refractivity (Wildman–Crippen MR) is 48.7 cm³/mol. The van der Waals surface area contributed by atoms with Crippen molar-refractivity contribution in [3.05, 3.63) is 23.1 Å². The van der Waals surface area contributed by atoms with Crippen LogP contribution in [0.15, 0.2) is 23.1 Å². The molecule has 4 heteroatoms. The first-order valence-corrected chi connectivity index (χ1v) is 3.73. The Morgan fingerprint density at radius 3 is 2.17 bits per heavy atom. The molecule has 66 valence electrons. The van der Waals surface area contributed by atoms with E-state index in [1.807, 2.05) is 0 Å². The van der Waals surface area contributed by atoms with Gasteiger partial charge in [-0.1, -0.05) is 6.58 Å². The molecule has 0 fully saturated rings. The second-order valence-electron chi connectivity index (χ2n) is 2.27. The van der Waals surface area contributed by atoms with E-state index < -0.39 is 11.9 Å². The third-order valence-corrected chi connectivity index (χ3v) is 1.44. The van der Waals surface area contributed by atoms with E-state index in [1.54, 1.807) is 0 Å². The SMILES string of the molecule is C=C(C)C(=O)OC(=O)C(C)=CS. The summed E-state index contributed by atoms with van der Waals surface area (Å²) in [5.41, 5.74) is 0.461. The van der Waals surface area contributed by atoms with Gasteiger partial charge in [-0.25, -0.2) is 9.59 Å². The van der Waals surface area contributed by atoms with E-state index >= 15 is 0 Å². The van der Waals surface area contributed by atoms with Gasteiger partial charge in [0.05, 0.1) is 0 Å². The smallest absolute Gasteiger partial charge is 0.342 e. The largest absolute Gasteiger partial charge is 0.386 e. The lowest BCUT2D eigenvalue weighted by atomic mass is 10.3. The molecule has 0 saturated heterocycles. The van der Waals surface area contributed by atoms with Gasteiger partial charge in [-0.05, 0) is 19.3 Å². The van der Waals surface area contributed by atoms with Gasteiger partial charge in [0.2, 0.25) is 0 Å². The summed E-state index contributed by atoms with van der Waals surface area (Å²) < 4.78 is 4.37. The van der Waals surface area contributed by atoms with Crippen LogP contribution in [0, 0.1) is 0 Å². The molecule has 0 bridgehead atoms. The number of carbonyl (C=O) groups excluding carboxylic acids is 2. The molecule has 0 rings (SSSR count). The second-order valence-corrected chi connectivity index (χ2v) is 2.53. The van der Waals surface area contributed by atoms with Crippen molar-refractivity contribution in [3.8, 4) is 0 Å². The molecule has 0 amide bonds. The zero-order valence-corrected chi connectivity index (χ0v) is 7.85. The summed E-state index contributed by atoms with van der Waals surface area (Å²) in [6.45, 7) is 6.30. The highest BCUT2D eigenvalue weighted by Gasteiger charge is 2.11. The van der Waals surface area contributed by atoms with E-state index in [0.29, 0.717) is 0 Å². The molecule has 0 saturated carbocycles. The van der Waals surface area contributed by atoms with E-state index in [0.717, 1.165) is 0 Å². The van der Waals surface area contributed by atoms with E-state index in [2.05, 4.69) is 23.9 Å². The Bertz CT molecular complexity index is 253. The number of carbonyl (C=O) groups is 2. The third kappa shape index (κ3) is 3.39. The molecule has 0 spiro atoms. The normalized spacial score (nSPS) is 10.8. The summed E-state index contributed by atoms with van der Waals surface area (Å²) in [5, 5.41) is 1.27. The molecule has 0 atom stereocenters. The molecule has 0 radical (unpaired) electrons. The monoisotopic (exact) mass is 186 g/mol. The van der Waals surface area contributed by atoms with Crippen LogP contribution >= 0.6 is 12.6 Å². The molecule has 0 aliphatic heterocycles. The summed E-state index contributed by atoms with van der Waals surface area (Å²) >= 11 is 3.73. The van der Waals surface area contributed by atoms with Crippen LogP contribution in [0.4, 0.5) is 0 Å². The fraction of sp³-hybridized carbons (Fsp3) is 0.250. The summed E-state index contributed by atoms with van der Waals surface area (Å²) in [7, 11) is 0. The molecular weight excluding hydrogens is 176 g/mol. The number of ether oxygens (including phenoxy) is 1. The topological polar surface area (TPSA) is 43.4 Å². The highest BCUT2D eigenvalue weighted by Crippen LogP contribution is 2.01. The van der Waals surface area contributed by atoms with Crippen LogP contribution in [0.25, 0.3) is 0 Å². The average molecular weight is 186 g/mol. The van der Waals surface area contributed by atoms with Gasteiger partial charge in [0.1, 0.15) is 0 Å². The number of thiol groups is 1. The minimum atomic E-state index is -0.713. The van der Waals surface area contributed by atoms with Gasteiger partial charge >= 0.3 is 11.9 Å². The van der Waals surface area contributed by atoms with Crippen LogP contribution in [0.3, 0.4) is 0 Å². The molecule has 0 aromatic heterocycles. The number of rotatable bonds is 2. The van der Waals surface area contributed by atoms with Crippen molar-refractivity contribution in [2.75, 3.05) is 0 Å². The van der Waals surface area contributed by atoms with Gasteiger partial charge < -0.3 is 4.74 Å². The van der Waals surface area contributed by atoms with Crippen LogP contribution in [0.5, 0.6) is 0 Å². The molecule has 0 heterocycles. The van der Waals surface area contributed by atoms with Gasteiger partial charge in [-0.3, -0.25) is 0 Å². The lowest BCUT2D eigenvalue weighted by Gasteiger charge is -2.00. The molecule has 0 aliphatic rings. The van der Waals surface area contributed by atoms with Crippen molar-refractivity contribution in [2.45, 2.75) is 13.8 Å². The van der Waals surface area contributed by atoms with Crippen LogP contribution in [0.2, 0.25) is 0 Å². The van der Waals surface area contributed by atoms with E-state index in [9.17, 15) is 9.59 Å². The number of hydrogen-bond donors (Lipinski definition) is 1. The Kier molecular flexibility index (Phi) is 4.36. The molecule has 12 heavy (non-hydrogen) atoms. The third-order valence-electron chi connectivity index (χ3n) is 1.05. The van der Waals surface area contributed by atoms with Gasteiger partial charge in [0.25, 0.3) is 0 Å². The lowest BCUT2D eigenvalue weighted by Crippen LogP contribution is -2.13. The van der Waals surface area contributed by atoms with Crippen molar-refractivity contribution in [1.82, 2.24) is 0 Å². The fourth-order valence-corrected chi connectivity index (χ4v) is 0.410. The Morgan fingerprint density at radius 1 is 1.33 bits per heavy atom. The maximum Gasteiger partial charge on any atom is 0.342 e. The highest BCUT2D eigenvalue weighted by molar-refractivity contribution is 7.83. The van der Waals surface area contributed by atoms with Crippen molar-refractivity contribution < 1.29 is 14.3 Å². The van der Waals surface area contributed by atoms with Gasteiger partial charge in [-0.2, -0.15) is 12.6 Å². The van der Waals surface area contributed by atoms with Crippen molar-refractivity contribution in [2.24, 2.45) is 0 Å². The van der Waals surface area contributed by atoms with Crippen LogP contribution in [-0.2, 0) is 14.3 Å². The molecule has 0 unspecified atom stereocenters. The van der Waals surface area contributed by atoms with Crippen LogP contribution in [0.1, 0.15) is 13.8 Å². The minimum absolute atomic E-state index is 0.190. The summed E-state index contributed by atoms with van der Waals surface area (Å²) in [6.07, 6.45) is 0. The fourth-order valence-electron chi connectivity index (χ4n) is 0.305. The highest BCUT2D eigenvalue weighted by atomic mass is 32.1. The first-order chi connectivity index (χ1) is 5.49. The second kappa shape index (κ2) is 4.77. The predicted octanol–water partition coefficient (Wildman–Crippen LogP) is 1.47. The molecule has 0 N–H and O–H groups in total. The van der Waals surface area contributed by atoms with E-state index in [-0.39, 0.29) is 11.1 Å². The maximum atomic E-state index is 10.9. The van der Waals surface area contributed by atoms with Gasteiger partial charge in [-0.15, -0.1) is 0 Å². The first kappa shape index (κ1) is 11.0. The molecule has 0 aliphatic carbocycles. The quantitative estimate of drug-likeness (QED) is 0.307. The Hall–Kier alpha value is -1.03. The minimum Gasteiger partial charge on any atom is -0.386 e. The number of hydrogen-bond acceptors (Lipinski definition) is 4. The number of esters is 2. The van der Waals surface area contributed by atoms with E-state index in [1.165, 1.54) is 19.3 Å². The Labute approximate surface area is 76.5 Å². The van der Waals surface area contributed by atoms with Gasteiger partial charge in [0.15, 0.2) is 0 Å². The summed E-state index contributed by atoms with van der Waals surface area (Å²) in [4.78, 5) is 21.7. The van der Waals surface area contributed by atoms with Gasteiger partial charge in [0, 0.05) is 11.1 Å². The lowest BCUT2D eigenvalue weighted by molar-refractivity contribution is -0.153. The zero-order chi connectivity index (χ0) is 9.72. The molecule has 0 aromatic rings. The summed E-state index contributed by atoms with van der Waals surface area (Å²) in [6, 6.07) is 0. The maximum absolute atomic E-state index is 10.9. The first-order valence-electron chi connectivity index (χ1n) is 3.22. The van der Waals surface area contributed by atoms with E-state index in [4.69, 9.17) is 0 Å². The zero-order valence-electron chi connectivity index (χ0n) is 6.96. The Balaban J connectivity index is 4.21. The van der Waals surface area contributed by atoms with Crippen molar-refractivity contribution in [3.63, 3.8) is 0 Å². The summed E-state index contributed by atoms with van der Waals surface area (Å²) in [5.74, 6) is -1.41. The molecule has 0 aromatic carbocycles. The van der Waals surface area contributed by atoms with Crippen molar-refractivity contribution in [1.29, 1.82) is 0 Å². The van der Waals surface area contributed by atoms with Crippen molar-refractivity contribution >= 4 is 24.6 Å². The molecular formula is C8H10O3S. The standard InChI is InChI=1S/C8H10O3S/c1-5(2)7(9)11-8(10)6(3)4-12/h4,12H,1H2,2-3H3. The Morgan fingerprint density at radius 2 is 1.83 bits per heavy atom. The average Bonchev–Trinajstić information content (AvgIpc) is 2.02. The van der Waals surface area contributed by atoms with Crippen LogP contribution in [-0.4, -0.2) is 11.9 Å². The molecule has 3 nitrogen and oxygen atoms in total.